The molecule has 1 amide bonds. The number of phenols is 1. The molecule has 0 unspecified atom stereocenters. The van der Waals surface area contributed by atoms with Crippen LogP contribution in [0.4, 0.5) is 5.69 Å². The van der Waals surface area contributed by atoms with E-state index in [-0.39, 0.29) is 11.7 Å². The molecule has 2 heterocycles. The van der Waals surface area contributed by atoms with Gasteiger partial charge >= 0.3 is 0 Å². The second-order valence-corrected chi connectivity index (χ2v) is 6.02. The molecule has 5 nitrogen and oxygen atoms in total. The highest BCUT2D eigenvalue weighted by atomic mass is 32.2. The summed E-state index contributed by atoms with van der Waals surface area (Å²) < 4.78 is 0. The van der Waals surface area contributed by atoms with Gasteiger partial charge in [0.2, 0.25) is 0 Å². The maximum atomic E-state index is 12.6. The van der Waals surface area contributed by atoms with Crippen molar-refractivity contribution in [3.8, 4) is 5.75 Å². The van der Waals surface area contributed by atoms with E-state index in [4.69, 9.17) is 0 Å². The lowest BCUT2D eigenvalue weighted by molar-refractivity contribution is -0.121. The van der Waals surface area contributed by atoms with Crippen molar-refractivity contribution in [2.24, 2.45) is 4.99 Å². The van der Waals surface area contributed by atoms with Crippen molar-refractivity contribution in [1.29, 1.82) is 0 Å². The molecular weight excluding hydrogens is 322 g/mol. The molecule has 1 saturated heterocycles. The molecule has 1 N–H and O–H groups in total. The minimum absolute atomic E-state index is 0.133. The number of hydrogen-bond acceptors (Lipinski definition) is 5. The Labute approximate surface area is 144 Å². The van der Waals surface area contributed by atoms with E-state index in [1.807, 2.05) is 12.1 Å². The number of phenolic OH excluding ortho intramolecular Hbond substituents is 1. The first kappa shape index (κ1) is 16.0. The average Bonchev–Trinajstić information content (AvgIpc) is 2.85. The second kappa shape index (κ2) is 7.14. The number of thioether (sulfide) groups is 1. The lowest BCUT2D eigenvalue weighted by Gasteiger charge is -2.12. The van der Waals surface area contributed by atoms with Gasteiger partial charge < -0.3 is 5.11 Å². The van der Waals surface area contributed by atoms with Gasteiger partial charge in [0.25, 0.3) is 5.91 Å². The number of aliphatic imine (C=N–C) groups is 1. The molecule has 6 heteroatoms. The van der Waals surface area contributed by atoms with Crippen molar-refractivity contribution in [2.45, 2.75) is 0 Å². The average molecular weight is 337 g/mol. The number of nitrogens with zero attached hydrogens (tertiary/aromatic N) is 3. The number of amidine groups is 1. The summed E-state index contributed by atoms with van der Waals surface area (Å²) in [7, 11) is 0. The highest BCUT2D eigenvalue weighted by Gasteiger charge is 2.32. The molecular formula is C18H15N3O2S. The van der Waals surface area contributed by atoms with Gasteiger partial charge in [-0.15, -0.1) is 6.58 Å². The third-order valence-electron chi connectivity index (χ3n) is 3.24. The molecule has 1 fully saturated rings. The fourth-order valence-electron chi connectivity index (χ4n) is 2.18. The van der Waals surface area contributed by atoms with E-state index in [2.05, 4.69) is 16.6 Å². The lowest BCUT2D eigenvalue weighted by atomic mass is 10.2. The van der Waals surface area contributed by atoms with E-state index < -0.39 is 0 Å². The summed E-state index contributed by atoms with van der Waals surface area (Å²) >= 11 is 1.29. The van der Waals surface area contributed by atoms with Crippen LogP contribution in [-0.4, -0.2) is 32.6 Å². The number of aromatic hydroxyl groups is 1. The van der Waals surface area contributed by atoms with Crippen LogP contribution in [0.25, 0.3) is 6.08 Å². The monoisotopic (exact) mass is 337 g/mol. The van der Waals surface area contributed by atoms with Crippen LogP contribution in [0.15, 0.2) is 71.3 Å². The Morgan fingerprint density at radius 1 is 1.33 bits per heavy atom. The highest BCUT2D eigenvalue weighted by Crippen LogP contribution is 2.34. The zero-order valence-corrected chi connectivity index (χ0v) is 13.6. The second-order valence-electron chi connectivity index (χ2n) is 5.02. The van der Waals surface area contributed by atoms with E-state index in [1.54, 1.807) is 53.7 Å². The van der Waals surface area contributed by atoms with Crippen LogP contribution < -0.4 is 0 Å². The Hall–Kier alpha value is -2.86. The minimum Gasteiger partial charge on any atom is -0.508 e. The van der Waals surface area contributed by atoms with Gasteiger partial charge in [0.15, 0.2) is 5.17 Å². The van der Waals surface area contributed by atoms with Crippen molar-refractivity contribution in [3.05, 3.63) is 71.9 Å². The van der Waals surface area contributed by atoms with Crippen LogP contribution in [0, 0.1) is 0 Å². The third-order valence-corrected chi connectivity index (χ3v) is 4.25. The van der Waals surface area contributed by atoms with Gasteiger partial charge in [0.1, 0.15) is 5.75 Å². The molecule has 0 radical (unpaired) electrons. The number of rotatable bonds is 4. The molecule has 120 valence electrons. The first-order chi connectivity index (χ1) is 11.7. The predicted molar refractivity (Wildman–Crippen MR) is 96.9 cm³/mol. The minimum atomic E-state index is -0.133. The molecule has 0 bridgehead atoms. The zero-order chi connectivity index (χ0) is 16.9. The molecule has 1 aromatic carbocycles. The Balaban J connectivity index is 1.95. The molecule has 1 aliphatic rings. The molecule has 3 rings (SSSR count). The summed E-state index contributed by atoms with van der Waals surface area (Å²) in [5.41, 5.74) is 1.44. The molecule has 0 atom stereocenters. The van der Waals surface area contributed by atoms with Gasteiger partial charge in [0, 0.05) is 12.7 Å². The van der Waals surface area contributed by atoms with E-state index in [0.717, 1.165) is 5.56 Å². The van der Waals surface area contributed by atoms with Gasteiger partial charge in [0.05, 0.1) is 16.8 Å². The number of benzene rings is 1. The van der Waals surface area contributed by atoms with Gasteiger partial charge in [-0.25, -0.2) is 4.99 Å². The SMILES string of the molecule is C=CCN1C(=O)/C(=C/c2cccc(O)c2)SC1=Nc1cccnc1. The zero-order valence-electron chi connectivity index (χ0n) is 12.8. The van der Waals surface area contributed by atoms with Gasteiger partial charge in [-0.05, 0) is 47.7 Å². The molecule has 1 aliphatic heterocycles. The Bertz CT molecular complexity index is 831. The number of hydrogen-bond donors (Lipinski definition) is 1. The van der Waals surface area contributed by atoms with Gasteiger partial charge in [-0.3, -0.25) is 14.7 Å². The molecule has 2 aromatic rings. The summed E-state index contributed by atoms with van der Waals surface area (Å²) in [5.74, 6) is 0.0258. The van der Waals surface area contributed by atoms with Crippen molar-refractivity contribution >= 4 is 34.6 Å². The van der Waals surface area contributed by atoms with Crippen molar-refractivity contribution in [2.75, 3.05) is 6.54 Å². The topological polar surface area (TPSA) is 65.8 Å². The molecule has 1 aromatic heterocycles. The van der Waals surface area contributed by atoms with Crippen molar-refractivity contribution < 1.29 is 9.90 Å². The number of carbonyl (C=O) groups excluding carboxylic acids is 1. The summed E-state index contributed by atoms with van der Waals surface area (Å²) in [6, 6.07) is 10.4. The predicted octanol–water partition coefficient (Wildman–Crippen LogP) is 3.58. The number of amides is 1. The fraction of sp³-hybridized carbons (Fsp3) is 0.0556. The van der Waals surface area contributed by atoms with Crippen LogP contribution in [0.2, 0.25) is 0 Å². The summed E-state index contributed by atoms with van der Waals surface area (Å²) in [6.07, 6.45) is 6.72. The maximum Gasteiger partial charge on any atom is 0.267 e. The lowest BCUT2D eigenvalue weighted by Crippen LogP contribution is -2.29. The van der Waals surface area contributed by atoms with Crippen LogP contribution in [0.1, 0.15) is 5.56 Å². The maximum absolute atomic E-state index is 12.6. The third kappa shape index (κ3) is 3.55. The quantitative estimate of drug-likeness (QED) is 0.684. The van der Waals surface area contributed by atoms with E-state index >= 15 is 0 Å². The summed E-state index contributed by atoms with van der Waals surface area (Å²) in [5, 5.41) is 10.1. The summed E-state index contributed by atoms with van der Waals surface area (Å²) in [6.45, 7) is 4.08. The van der Waals surface area contributed by atoms with E-state index in [9.17, 15) is 9.90 Å². The van der Waals surface area contributed by atoms with Gasteiger partial charge in [-0.1, -0.05) is 18.2 Å². The largest absolute Gasteiger partial charge is 0.508 e. The van der Waals surface area contributed by atoms with Crippen LogP contribution in [0.5, 0.6) is 5.75 Å². The van der Waals surface area contributed by atoms with Crippen LogP contribution in [-0.2, 0) is 4.79 Å². The number of pyridine rings is 1. The molecule has 24 heavy (non-hydrogen) atoms. The normalized spacial score (nSPS) is 17.7. The first-order valence-electron chi connectivity index (χ1n) is 7.27. The number of carbonyl (C=O) groups is 1. The Morgan fingerprint density at radius 3 is 2.92 bits per heavy atom. The first-order valence-corrected chi connectivity index (χ1v) is 8.09. The Morgan fingerprint density at radius 2 is 2.21 bits per heavy atom. The Kier molecular flexibility index (Phi) is 4.77. The fourth-order valence-corrected chi connectivity index (χ4v) is 3.19. The number of aromatic nitrogens is 1. The molecule has 0 saturated carbocycles. The van der Waals surface area contributed by atoms with E-state index in [0.29, 0.717) is 22.3 Å². The molecule has 0 aliphatic carbocycles. The highest BCUT2D eigenvalue weighted by molar-refractivity contribution is 8.18. The molecule has 0 spiro atoms. The van der Waals surface area contributed by atoms with E-state index in [1.165, 1.54) is 11.8 Å². The van der Waals surface area contributed by atoms with Crippen LogP contribution >= 0.6 is 11.8 Å². The summed E-state index contributed by atoms with van der Waals surface area (Å²) in [4.78, 5) is 23.3. The van der Waals surface area contributed by atoms with Crippen molar-refractivity contribution in [3.63, 3.8) is 0 Å². The standard InChI is InChI=1S/C18H15N3O2S/c1-2-9-21-17(23)16(11-13-5-3-7-15(22)10-13)24-18(21)20-14-6-4-8-19-12-14/h2-8,10-12,22H,1,9H2/b16-11-,20-18?. The van der Waals surface area contributed by atoms with Gasteiger partial charge in [-0.2, -0.15) is 0 Å². The smallest absolute Gasteiger partial charge is 0.267 e. The van der Waals surface area contributed by atoms with Crippen molar-refractivity contribution in [1.82, 2.24) is 9.88 Å². The van der Waals surface area contributed by atoms with Crippen LogP contribution in [0.3, 0.4) is 0 Å².